The first-order chi connectivity index (χ1) is 9.67. The monoisotopic (exact) mass is 270 g/mol. The highest BCUT2D eigenvalue weighted by atomic mass is 16.5. The van der Waals surface area contributed by atoms with Gasteiger partial charge in [0, 0.05) is 6.20 Å². The normalized spacial score (nSPS) is 12.2. The van der Waals surface area contributed by atoms with E-state index in [1.54, 1.807) is 6.20 Å². The van der Waals surface area contributed by atoms with Crippen LogP contribution in [-0.4, -0.2) is 18.6 Å². The van der Waals surface area contributed by atoms with Gasteiger partial charge in [0.25, 0.3) is 0 Å². The van der Waals surface area contributed by atoms with Crippen LogP contribution in [0, 0.1) is 13.8 Å². The molecule has 0 spiro atoms. The van der Waals surface area contributed by atoms with Gasteiger partial charge in [0.15, 0.2) is 0 Å². The van der Waals surface area contributed by atoms with Gasteiger partial charge in [-0.1, -0.05) is 18.2 Å². The van der Waals surface area contributed by atoms with Crippen molar-refractivity contribution < 1.29 is 4.74 Å². The van der Waals surface area contributed by atoms with Crippen LogP contribution in [0.1, 0.15) is 35.2 Å². The van der Waals surface area contributed by atoms with Crippen molar-refractivity contribution >= 4 is 0 Å². The van der Waals surface area contributed by atoms with Gasteiger partial charge in [-0.3, -0.25) is 4.98 Å². The third-order valence-electron chi connectivity index (χ3n) is 3.50. The van der Waals surface area contributed by atoms with Crippen molar-refractivity contribution in [3.05, 3.63) is 58.9 Å². The van der Waals surface area contributed by atoms with Gasteiger partial charge in [-0.25, -0.2) is 0 Å². The lowest BCUT2D eigenvalue weighted by Crippen LogP contribution is -2.20. The summed E-state index contributed by atoms with van der Waals surface area (Å²) in [6.45, 7) is 6.92. The van der Waals surface area contributed by atoms with Gasteiger partial charge in [-0.05, 0) is 56.1 Å². The van der Waals surface area contributed by atoms with E-state index in [2.05, 4.69) is 48.4 Å². The molecule has 1 N–H and O–H groups in total. The van der Waals surface area contributed by atoms with E-state index in [1.165, 1.54) is 16.7 Å². The Balaban J connectivity index is 2.44. The summed E-state index contributed by atoms with van der Waals surface area (Å²) in [4.78, 5) is 4.29. The maximum absolute atomic E-state index is 5.55. The number of nitrogens with zero attached hydrogens (tertiary/aromatic N) is 1. The molecule has 0 aliphatic heterocycles. The second kappa shape index (κ2) is 6.53. The molecule has 0 amide bonds. The fourth-order valence-corrected chi connectivity index (χ4v) is 2.60. The van der Waals surface area contributed by atoms with Crippen molar-refractivity contribution in [2.24, 2.45) is 0 Å². The largest absolute Gasteiger partial charge is 0.492 e. The van der Waals surface area contributed by atoms with Crippen LogP contribution in [0.2, 0.25) is 0 Å². The lowest BCUT2D eigenvalue weighted by Gasteiger charge is -2.21. The molecule has 2 aromatic rings. The van der Waals surface area contributed by atoms with Crippen molar-refractivity contribution in [1.29, 1.82) is 0 Å². The Morgan fingerprint density at radius 1 is 1.20 bits per heavy atom. The molecule has 3 heteroatoms. The van der Waals surface area contributed by atoms with Crippen LogP contribution >= 0.6 is 0 Å². The molecule has 0 radical (unpaired) electrons. The minimum atomic E-state index is 0.129. The van der Waals surface area contributed by atoms with Crippen molar-refractivity contribution in [1.82, 2.24) is 10.3 Å². The zero-order chi connectivity index (χ0) is 14.5. The molecule has 1 atom stereocenters. The molecule has 1 unspecified atom stereocenters. The van der Waals surface area contributed by atoms with Crippen molar-refractivity contribution in [2.45, 2.75) is 26.8 Å². The summed E-state index contributed by atoms with van der Waals surface area (Å²) in [5.41, 5.74) is 5.00. The third-order valence-corrected chi connectivity index (χ3v) is 3.50. The molecule has 1 heterocycles. The molecule has 0 bridgehead atoms. The average molecular weight is 270 g/mol. The van der Waals surface area contributed by atoms with Crippen LogP contribution in [-0.2, 0) is 0 Å². The fraction of sp³-hybridized carbons (Fsp3) is 0.353. The second-order valence-electron chi connectivity index (χ2n) is 4.91. The molecule has 2 rings (SSSR count). The number of hydrogen-bond acceptors (Lipinski definition) is 3. The smallest absolute Gasteiger partial charge is 0.137 e. The minimum Gasteiger partial charge on any atom is -0.492 e. The predicted octanol–water partition coefficient (Wildman–Crippen LogP) is 3.41. The zero-order valence-corrected chi connectivity index (χ0v) is 12.6. The molecule has 0 fully saturated rings. The summed E-state index contributed by atoms with van der Waals surface area (Å²) < 4.78 is 5.55. The van der Waals surface area contributed by atoms with E-state index in [4.69, 9.17) is 4.74 Å². The molecule has 0 saturated heterocycles. The Bertz CT molecular complexity index is 561. The molecule has 0 saturated carbocycles. The summed E-state index contributed by atoms with van der Waals surface area (Å²) in [5, 5.41) is 3.39. The average Bonchev–Trinajstić information content (AvgIpc) is 2.44. The molecule has 1 aromatic heterocycles. The number of hydrogen-bond donors (Lipinski definition) is 1. The van der Waals surface area contributed by atoms with Crippen molar-refractivity contribution in [2.75, 3.05) is 13.7 Å². The summed E-state index contributed by atoms with van der Waals surface area (Å²) >= 11 is 0. The maximum atomic E-state index is 5.55. The molecular formula is C17H22N2O. The number of ether oxygens (including phenoxy) is 1. The van der Waals surface area contributed by atoms with Gasteiger partial charge in [0.05, 0.1) is 18.8 Å². The summed E-state index contributed by atoms with van der Waals surface area (Å²) in [6.07, 6.45) is 3.65. The van der Waals surface area contributed by atoms with Crippen molar-refractivity contribution in [3.63, 3.8) is 0 Å². The molecule has 0 aliphatic rings. The third kappa shape index (κ3) is 2.99. The first-order valence-corrected chi connectivity index (χ1v) is 6.98. The van der Waals surface area contributed by atoms with Crippen LogP contribution in [0.3, 0.4) is 0 Å². The Labute approximate surface area is 121 Å². The number of benzene rings is 1. The van der Waals surface area contributed by atoms with Crippen LogP contribution in [0.4, 0.5) is 0 Å². The highest BCUT2D eigenvalue weighted by Crippen LogP contribution is 2.28. The number of aryl methyl sites for hydroxylation is 2. The molecular weight excluding hydrogens is 248 g/mol. The molecule has 0 aliphatic carbocycles. The van der Waals surface area contributed by atoms with Gasteiger partial charge in [0.2, 0.25) is 0 Å². The number of pyridine rings is 1. The van der Waals surface area contributed by atoms with E-state index >= 15 is 0 Å². The molecule has 106 valence electrons. The van der Waals surface area contributed by atoms with Crippen LogP contribution < -0.4 is 10.1 Å². The fourth-order valence-electron chi connectivity index (χ4n) is 2.60. The SMILES string of the molecule is CCOc1cncc(C(NC)c2c(C)cccc2C)c1. The molecule has 20 heavy (non-hydrogen) atoms. The van der Waals surface area contributed by atoms with Crippen molar-refractivity contribution in [3.8, 4) is 5.75 Å². The highest BCUT2D eigenvalue weighted by molar-refractivity contribution is 5.42. The minimum absolute atomic E-state index is 0.129. The Hall–Kier alpha value is -1.87. The van der Waals surface area contributed by atoms with Crippen LogP contribution in [0.5, 0.6) is 5.75 Å². The Kier molecular flexibility index (Phi) is 4.74. The number of nitrogens with one attached hydrogen (secondary N) is 1. The standard InChI is InChI=1S/C17H22N2O/c1-5-20-15-9-14(10-19-11-15)17(18-4)16-12(2)7-6-8-13(16)3/h6-11,17-18H,5H2,1-4H3. The van der Waals surface area contributed by atoms with Gasteiger partial charge < -0.3 is 10.1 Å². The highest BCUT2D eigenvalue weighted by Gasteiger charge is 2.17. The maximum Gasteiger partial charge on any atom is 0.137 e. The van der Waals surface area contributed by atoms with E-state index < -0.39 is 0 Å². The number of rotatable bonds is 5. The van der Waals surface area contributed by atoms with Gasteiger partial charge in [0.1, 0.15) is 5.75 Å². The Morgan fingerprint density at radius 3 is 2.50 bits per heavy atom. The lowest BCUT2D eigenvalue weighted by atomic mass is 9.92. The second-order valence-corrected chi connectivity index (χ2v) is 4.91. The van der Waals surface area contributed by atoms with Gasteiger partial charge >= 0.3 is 0 Å². The Morgan fingerprint density at radius 2 is 1.90 bits per heavy atom. The first kappa shape index (κ1) is 14.5. The van der Waals surface area contributed by atoms with E-state index in [9.17, 15) is 0 Å². The van der Waals surface area contributed by atoms with E-state index in [-0.39, 0.29) is 6.04 Å². The van der Waals surface area contributed by atoms with E-state index in [0.717, 1.165) is 11.3 Å². The topological polar surface area (TPSA) is 34.1 Å². The molecule has 1 aromatic carbocycles. The van der Waals surface area contributed by atoms with E-state index in [0.29, 0.717) is 6.61 Å². The quantitative estimate of drug-likeness (QED) is 0.904. The summed E-state index contributed by atoms with van der Waals surface area (Å²) in [5.74, 6) is 0.816. The summed E-state index contributed by atoms with van der Waals surface area (Å²) in [7, 11) is 1.98. The van der Waals surface area contributed by atoms with E-state index in [1.807, 2.05) is 20.2 Å². The zero-order valence-electron chi connectivity index (χ0n) is 12.6. The number of aromatic nitrogens is 1. The van der Waals surface area contributed by atoms with Gasteiger partial charge in [-0.15, -0.1) is 0 Å². The lowest BCUT2D eigenvalue weighted by molar-refractivity contribution is 0.338. The summed E-state index contributed by atoms with van der Waals surface area (Å²) in [6, 6.07) is 8.57. The first-order valence-electron chi connectivity index (χ1n) is 6.98. The predicted molar refractivity (Wildman–Crippen MR) is 82.2 cm³/mol. The molecule has 3 nitrogen and oxygen atoms in total. The van der Waals surface area contributed by atoms with Crippen LogP contribution in [0.25, 0.3) is 0 Å². The van der Waals surface area contributed by atoms with Crippen LogP contribution in [0.15, 0.2) is 36.7 Å². The van der Waals surface area contributed by atoms with Gasteiger partial charge in [-0.2, -0.15) is 0 Å².